The van der Waals surface area contributed by atoms with E-state index in [1.54, 1.807) is 25.1 Å². The first-order valence-electron chi connectivity index (χ1n) is 18.2. The molecule has 1 aliphatic rings. The van der Waals surface area contributed by atoms with E-state index in [9.17, 15) is 14.4 Å². The first kappa shape index (κ1) is 45.0. The van der Waals surface area contributed by atoms with Crippen LogP contribution in [0.25, 0.3) is 16.0 Å². The second-order valence-corrected chi connectivity index (χ2v) is 11.4. The lowest BCUT2D eigenvalue weighted by Gasteiger charge is -2.10. The zero-order chi connectivity index (χ0) is 39.2. The average Bonchev–Trinajstić information content (AvgIpc) is 3.49. The van der Waals surface area contributed by atoms with Gasteiger partial charge in [0.15, 0.2) is 6.61 Å². The van der Waals surface area contributed by atoms with Gasteiger partial charge in [0.1, 0.15) is 11.3 Å². The number of rotatable bonds is 33. The summed E-state index contributed by atoms with van der Waals surface area (Å²) in [5, 5.41) is 6.09. The zero-order valence-electron chi connectivity index (χ0n) is 31.4. The number of benzene rings is 2. The summed E-state index contributed by atoms with van der Waals surface area (Å²) in [5.74, 6) is -1.14. The molecule has 0 atom stereocenters. The van der Waals surface area contributed by atoms with Crippen LogP contribution in [0.5, 0.6) is 5.75 Å². The third-order valence-electron chi connectivity index (χ3n) is 7.47. The summed E-state index contributed by atoms with van der Waals surface area (Å²) in [6.07, 6.45) is 0. The molecule has 17 nitrogen and oxygen atoms in total. The Bertz CT molecular complexity index is 1500. The molecule has 0 saturated heterocycles. The lowest BCUT2D eigenvalue weighted by molar-refractivity contribution is -0.138. The van der Waals surface area contributed by atoms with Gasteiger partial charge in [-0.2, -0.15) is 0 Å². The topological polar surface area (TPSA) is 204 Å². The molecule has 1 aliphatic carbocycles. The molecule has 0 radical (unpaired) electrons. The number of fused-ring (bicyclic) bond motifs is 1. The molecule has 3 rings (SSSR count). The summed E-state index contributed by atoms with van der Waals surface area (Å²) in [4.78, 5) is 41.0. The number of Topliss-reactive ketones (excluding diaryl/α,β-unsaturated/α-hetero) is 1. The lowest BCUT2D eigenvalue weighted by atomic mass is 9.97. The largest absolute Gasteiger partial charge is 0.484 e. The fourth-order valence-electron chi connectivity index (χ4n) is 4.96. The highest BCUT2D eigenvalue weighted by atomic mass is 16.6. The molecule has 1 amide bonds. The fourth-order valence-corrected chi connectivity index (χ4v) is 4.96. The molecule has 55 heavy (non-hydrogen) atoms. The molecule has 17 heteroatoms. The van der Waals surface area contributed by atoms with Crippen LogP contribution in [0, 0.1) is 0 Å². The predicted molar refractivity (Wildman–Crippen MR) is 199 cm³/mol. The van der Waals surface area contributed by atoms with Crippen LogP contribution in [0.15, 0.2) is 59.2 Å². The molecule has 0 fully saturated rings. The number of ether oxygens (including phenoxy) is 10. The monoisotopic (exact) mass is 772 g/mol. The number of nitrogens with one attached hydrogen (secondary N) is 1. The number of carbonyl (C=O) groups is 3. The Morgan fingerprint density at radius 2 is 1.18 bits per heavy atom. The van der Waals surface area contributed by atoms with Gasteiger partial charge in [0.2, 0.25) is 5.78 Å². The quantitative estimate of drug-likeness (QED) is 0.0277. The van der Waals surface area contributed by atoms with Crippen LogP contribution in [0.2, 0.25) is 0 Å². The molecule has 0 unspecified atom stereocenters. The molecule has 2 aromatic rings. The highest BCUT2D eigenvalue weighted by molar-refractivity contribution is 6.35. The maximum absolute atomic E-state index is 13.3. The molecule has 2 aromatic carbocycles. The van der Waals surface area contributed by atoms with Gasteiger partial charge in [-0.3, -0.25) is 9.59 Å². The van der Waals surface area contributed by atoms with E-state index in [1.165, 1.54) is 0 Å². The number of hydrogen-bond acceptors (Lipinski definition) is 14. The van der Waals surface area contributed by atoms with Gasteiger partial charge in [0.05, 0.1) is 112 Å². The van der Waals surface area contributed by atoms with Crippen molar-refractivity contribution in [1.29, 1.82) is 0 Å². The second kappa shape index (κ2) is 28.9. The number of amides is 1. The number of esters is 1. The van der Waals surface area contributed by atoms with Crippen molar-refractivity contribution in [2.45, 2.75) is 6.92 Å². The van der Waals surface area contributed by atoms with E-state index in [0.717, 1.165) is 5.56 Å². The molecule has 0 saturated carbocycles. The summed E-state index contributed by atoms with van der Waals surface area (Å²) in [6, 6.07) is 14.1. The van der Waals surface area contributed by atoms with E-state index in [1.807, 2.05) is 30.3 Å². The lowest BCUT2D eigenvalue weighted by Crippen LogP contribution is -2.32. The van der Waals surface area contributed by atoms with Crippen molar-refractivity contribution >= 4 is 23.2 Å². The maximum atomic E-state index is 13.3. The second-order valence-electron chi connectivity index (χ2n) is 11.4. The maximum Gasteiger partial charge on any atom is 0.342 e. The van der Waals surface area contributed by atoms with E-state index < -0.39 is 11.8 Å². The normalized spacial score (nSPS) is 12.1. The molecule has 1 N–H and O–H groups in total. The van der Waals surface area contributed by atoms with Gasteiger partial charge in [-0.1, -0.05) is 35.4 Å². The third-order valence-corrected chi connectivity index (χ3v) is 7.47. The standard InChI is InChI=1S/C38H52N4O13/c1-2-54-38(45)36-35(30-6-4-3-5-7-30)32-9-8-31(28-33(32)37(36)44)55-29-34(43)40-10-12-46-14-16-48-18-20-50-22-24-52-26-27-53-25-23-51-21-19-49-17-15-47-13-11-41-42-39/h3-9,28H,2,10-27,29H2,1H3,(H,40,43). The molecule has 302 valence electrons. The predicted octanol–water partition coefficient (Wildman–Crippen LogP) is 3.19. The number of nitrogens with zero attached hydrogens (tertiary/aromatic N) is 3. The first-order valence-corrected chi connectivity index (χ1v) is 18.2. The Kier molecular flexibility index (Phi) is 23.7. The van der Waals surface area contributed by atoms with Gasteiger partial charge < -0.3 is 52.7 Å². The number of hydrogen-bond donors (Lipinski definition) is 1. The Hall–Kier alpha value is -4.42. The number of ketones is 1. The fraction of sp³-hybridized carbons (Fsp3) is 0.553. The van der Waals surface area contributed by atoms with Crippen LogP contribution in [-0.2, 0) is 52.2 Å². The van der Waals surface area contributed by atoms with Crippen molar-refractivity contribution in [2.24, 2.45) is 5.11 Å². The van der Waals surface area contributed by atoms with Gasteiger partial charge >= 0.3 is 5.97 Å². The van der Waals surface area contributed by atoms with Crippen molar-refractivity contribution in [3.63, 3.8) is 0 Å². The minimum Gasteiger partial charge on any atom is -0.484 e. The Morgan fingerprint density at radius 1 is 0.673 bits per heavy atom. The van der Waals surface area contributed by atoms with Gasteiger partial charge in [-0.05, 0) is 41.8 Å². The summed E-state index contributed by atoms with van der Waals surface area (Å²) in [6.45, 7) is 9.01. The zero-order valence-corrected chi connectivity index (χ0v) is 31.4. The summed E-state index contributed by atoms with van der Waals surface area (Å²) in [5.41, 5.74) is 10.3. The van der Waals surface area contributed by atoms with Crippen molar-refractivity contribution in [2.75, 3.05) is 132 Å². The van der Waals surface area contributed by atoms with Crippen LogP contribution < -0.4 is 10.1 Å². The summed E-state index contributed by atoms with van der Waals surface area (Å²) < 4.78 is 54.2. The third kappa shape index (κ3) is 18.2. The Balaban J connectivity index is 1.10. The van der Waals surface area contributed by atoms with Crippen LogP contribution >= 0.6 is 0 Å². The van der Waals surface area contributed by atoms with Gasteiger partial charge in [-0.25, -0.2) is 4.79 Å². The first-order chi connectivity index (χ1) is 27.1. The van der Waals surface area contributed by atoms with Crippen LogP contribution in [0.3, 0.4) is 0 Å². The van der Waals surface area contributed by atoms with E-state index in [2.05, 4.69) is 15.3 Å². The van der Waals surface area contributed by atoms with E-state index in [0.29, 0.717) is 135 Å². The SMILES string of the molecule is CCOC(=O)C1=C(c2ccccc2)c2ccc(OCC(=O)NCCOCCOCCOCCOCCOCCOCCOCCOCCN=[N+]=[N-])cc2C1=O. The number of carbonyl (C=O) groups excluding carboxylic acids is 3. The van der Waals surface area contributed by atoms with Gasteiger partial charge in [0.25, 0.3) is 5.91 Å². The van der Waals surface area contributed by atoms with Gasteiger partial charge in [0, 0.05) is 29.1 Å². The van der Waals surface area contributed by atoms with Crippen molar-refractivity contribution in [3.05, 3.63) is 81.2 Å². The summed E-state index contributed by atoms with van der Waals surface area (Å²) in [7, 11) is 0. The van der Waals surface area contributed by atoms with Crippen LogP contribution in [0.4, 0.5) is 0 Å². The van der Waals surface area contributed by atoms with Crippen LogP contribution in [-0.4, -0.2) is 150 Å². The highest BCUT2D eigenvalue weighted by Crippen LogP contribution is 2.39. The smallest absolute Gasteiger partial charge is 0.342 e. The molecular weight excluding hydrogens is 720 g/mol. The van der Waals surface area contributed by atoms with E-state index in [4.69, 9.17) is 52.9 Å². The van der Waals surface area contributed by atoms with Crippen molar-refractivity contribution < 1.29 is 61.8 Å². The summed E-state index contributed by atoms with van der Waals surface area (Å²) >= 11 is 0. The molecule has 0 bridgehead atoms. The highest BCUT2D eigenvalue weighted by Gasteiger charge is 2.36. The van der Waals surface area contributed by atoms with E-state index >= 15 is 0 Å². The van der Waals surface area contributed by atoms with Crippen molar-refractivity contribution in [3.8, 4) is 5.75 Å². The minimum atomic E-state index is -0.677. The van der Waals surface area contributed by atoms with E-state index in [-0.39, 0.29) is 31.2 Å². The van der Waals surface area contributed by atoms with Gasteiger partial charge in [-0.15, -0.1) is 0 Å². The Morgan fingerprint density at radius 3 is 1.69 bits per heavy atom. The molecule has 0 aromatic heterocycles. The molecule has 0 aliphatic heterocycles. The molecule has 0 heterocycles. The molecular formula is C38H52N4O13. The Labute approximate surface area is 321 Å². The van der Waals surface area contributed by atoms with Crippen molar-refractivity contribution in [1.82, 2.24) is 5.32 Å². The molecule has 0 spiro atoms. The minimum absolute atomic E-state index is 0.0173. The van der Waals surface area contributed by atoms with Crippen LogP contribution in [0.1, 0.15) is 28.4 Å². The number of azide groups is 1. The average molecular weight is 773 g/mol.